The number of oxime groups is 1. The molecule has 3 N–H and O–H groups in total. The van der Waals surface area contributed by atoms with Crippen LogP contribution in [0.4, 0.5) is 5.69 Å². The highest BCUT2D eigenvalue weighted by Gasteiger charge is 2.14. The Kier molecular flexibility index (Phi) is 5.15. The number of amidine groups is 1. The highest BCUT2D eigenvalue weighted by atomic mass is 32.2. The van der Waals surface area contributed by atoms with Crippen LogP contribution < -0.4 is 10.6 Å². The SMILES string of the molecule is CSCC(C)N(C)c1ccccc1/C(N)=N/O. The van der Waals surface area contributed by atoms with E-state index in [0.29, 0.717) is 6.04 Å². The second-order valence-corrected chi connectivity index (χ2v) is 4.83. The minimum atomic E-state index is 0.142. The minimum Gasteiger partial charge on any atom is -0.409 e. The zero-order valence-corrected chi connectivity index (χ0v) is 11.2. The molecule has 0 aliphatic heterocycles. The number of nitrogens with zero attached hydrogens (tertiary/aromatic N) is 2. The summed E-state index contributed by atoms with van der Waals surface area (Å²) in [6.45, 7) is 2.15. The third-order valence-electron chi connectivity index (χ3n) is 2.74. The number of nitrogens with two attached hydrogens (primary N) is 1. The normalized spacial score (nSPS) is 13.5. The van der Waals surface area contributed by atoms with Gasteiger partial charge in [-0.05, 0) is 25.3 Å². The van der Waals surface area contributed by atoms with Crippen LogP contribution in [0.15, 0.2) is 29.4 Å². The first-order valence-corrected chi connectivity index (χ1v) is 6.80. The highest BCUT2D eigenvalue weighted by molar-refractivity contribution is 7.98. The predicted molar refractivity (Wildman–Crippen MR) is 75.2 cm³/mol. The van der Waals surface area contributed by atoms with Crippen molar-refractivity contribution in [2.75, 3.05) is 24.0 Å². The minimum absolute atomic E-state index is 0.142. The molecular weight excluding hydrogens is 234 g/mol. The maximum absolute atomic E-state index is 8.78. The molecule has 5 heteroatoms. The van der Waals surface area contributed by atoms with E-state index in [2.05, 4.69) is 23.2 Å². The topological polar surface area (TPSA) is 61.8 Å². The Hall–Kier alpha value is -1.36. The molecule has 1 aromatic carbocycles. The monoisotopic (exact) mass is 253 g/mol. The molecule has 94 valence electrons. The summed E-state index contributed by atoms with van der Waals surface area (Å²) in [5.41, 5.74) is 7.41. The Morgan fingerprint density at radius 2 is 2.18 bits per heavy atom. The van der Waals surface area contributed by atoms with Gasteiger partial charge in [-0.3, -0.25) is 0 Å². The summed E-state index contributed by atoms with van der Waals surface area (Å²) in [4.78, 5) is 2.14. The standard InChI is InChI=1S/C12H19N3OS/c1-9(8-17-3)15(2)11-7-5-4-6-10(11)12(13)14-16/h4-7,9,16H,8H2,1-3H3,(H2,13,14). The van der Waals surface area contributed by atoms with Crippen LogP contribution in [0.2, 0.25) is 0 Å². The van der Waals surface area contributed by atoms with Crippen LogP contribution in [0.1, 0.15) is 12.5 Å². The van der Waals surface area contributed by atoms with Gasteiger partial charge in [0.25, 0.3) is 0 Å². The van der Waals surface area contributed by atoms with E-state index in [1.807, 2.05) is 31.3 Å². The van der Waals surface area contributed by atoms with Gasteiger partial charge < -0.3 is 15.8 Å². The van der Waals surface area contributed by atoms with Gasteiger partial charge in [-0.25, -0.2) is 0 Å². The van der Waals surface area contributed by atoms with E-state index >= 15 is 0 Å². The van der Waals surface area contributed by atoms with Gasteiger partial charge in [0.05, 0.1) is 0 Å². The molecule has 0 bridgehead atoms. The Balaban J connectivity index is 3.04. The summed E-state index contributed by atoms with van der Waals surface area (Å²) < 4.78 is 0. The van der Waals surface area contributed by atoms with Crippen LogP contribution in [0.5, 0.6) is 0 Å². The van der Waals surface area contributed by atoms with Crippen LogP contribution >= 0.6 is 11.8 Å². The second-order valence-electron chi connectivity index (χ2n) is 3.92. The van der Waals surface area contributed by atoms with E-state index < -0.39 is 0 Å². The molecule has 1 rings (SSSR count). The van der Waals surface area contributed by atoms with Gasteiger partial charge in [0.1, 0.15) is 0 Å². The molecule has 0 heterocycles. The molecule has 1 aromatic rings. The average molecular weight is 253 g/mol. The molecule has 0 aliphatic rings. The molecule has 0 spiro atoms. The predicted octanol–water partition coefficient (Wildman–Crippen LogP) is 1.97. The largest absolute Gasteiger partial charge is 0.409 e. The van der Waals surface area contributed by atoms with Gasteiger partial charge in [-0.1, -0.05) is 17.3 Å². The summed E-state index contributed by atoms with van der Waals surface area (Å²) >= 11 is 1.80. The molecule has 1 unspecified atom stereocenters. The molecule has 0 saturated carbocycles. The number of benzene rings is 1. The quantitative estimate of drug-likeness (QED) is 0.364. The Bertz CT molecular complexity index is 395. The van der Waals surface area contributed by atoms with E-state index in [4.69, 9.17) is 10.9 Å². The van der Waals surface area contributed by atoms with Crippen molar-refractivity contribution in [1.29, 1.82) is 0 Å². The zero-order valence-electron chi connectivity index (χ0n) is 10.4. The molecule has 4 nitrogen and oxygen atoms in total. The van der Waals surface area contributed by atoms with Gasteiger partial charge in [0, 0.05) is 30.1 Å². The first-order valence-electron chi connectivity index (χ1n) is 5.40. The maximum Gasteiger partial charge on any atom is 0.172 e. The summed E-state index contributed by atoms with van der Waals surface area (Å²) in [5.74, 6) is 1.17. The summed E-state index contributed by atoms with van der Waals surface area (Å²) in [6, 6.07) is 8.05. The first-order chi connectivity index (χ1) is 8.11. The van der Waals surface area contributed by atoms with Crippen molar-refractivity contribution < 1.29 is 5.21 Å². The van der Waals surface area contributed by atoms with Crippen molar-refractivity contribution in [3.63, 3.8) is 0 Å². The maximum atomic E-state index is 8.78. The fourth-order valence-corrected chi connectivity index (χ4v) is 2.35. The van der Waals surface area contributed by atoms with Crippen LogP contribution in [0.3, 0.4) is 0 Å². The smallest absolute Gasteiger partial charge is 0.172 e. The molecule has 0 saturated heterocycles. The van der Waals surface area contributed by atoms with Gasteiger partial charge in [-0.15, -0.1) is 0 Å². The number of anilines is 1. The third-order valence-corrected chi connectivity index (χ3v) is 3.55. The second kappa shape index (κ2) is 6.39. The van der Waals surface area contributed by atoms with Crippen molar-refractivity contribution in [2.45, 2.75) is 13.0 Å². The van der Waals surface area contributed by atoms with E-state index in [1.165, 1.54) is 0 Å². The fraction of sp³-hybridized carbons (Fsp3) is 0.417. The molecular formula is C12H19N3OS. The number of thioether (sulfide) groups is 1. The lowest BCUT2D eigenvalue weighted by Gasteiger charge is -2.28. The van der Waals surface area contributed by atoms with Crippen LogP contribution in [0.25, 0.3) is 0 Å². The Morgan fingerprint density at radius 1 is 1.53 bits per heavy atom. The molecule has 0 radical (unpaired) electrons. The average Bonchev–Trinajstić information content (AvgIpc) is 2.37. The zero-order chi connectivity index (χ0) is 12.8. The number of rotatable bonds is 5. The van der Waals surface area contributed by atoms with Gasteiger partial charge in [0.2, 0.25) is 0 Å². The van der Waals surface area contributed by atoms with Crippen molar-refractivity contribution in [1.82, 2.24) is 0 Å². The Labute approximate surface area is 106 Å². The number of hydrogen-bond donors (Lipinski definition) is 2. The van der Waals surface area contributed by atoms with Crippen molar-refractivity contribution in [3.8, 4) is 0 Å². The van der Waals surface area contributed by atoms with E-state index in [1.54, 1.807) is 11.8 Å². The van der Waals surface area contributed by atoms with Crippen LogP contribution in [-0.2, 0) is 0 Å². The lowest BCUT2D eigenvalue weighted by molar-refractivity contribution is 0.318. The molecule has 0 aromatic heterocycles. The van der Waals surface area contributed by atoms with Gasteiger partial charge in [0.15, 0.2) is 5.84 Å². The van der Waals surface area contributed by atoms with E-state index in [9.17, 15) is 0 Å². The molecule has 1 atom stereocenters. The lowest BCUT2D eigenvalue weighted by atomic mass is 10.1. The molecule has 0 aliphatic carbocycles. The summed E-state index contributed by atoms with van der Waals surface area (Å²) in [5, 5.41) is 11.8. The summed E-state index contributed by atoms with van der Waals surface area (Å²) in [6.07, 6.45) is 2.08. The molecule has 17 heavy (non-hydrogen) atoms. The third kappa shape index (κ3) is 3.30. The highest BCUT2D eigenvalue weighted by Crippen LogP contribution is 2.21. The van der Waals surface area contributed by atoms with Crippen LogP contribution in [-0.4, -0.2) is 36.1 Å². The fourth-order valence-electron chi connectivity index (χ4n) is 1.64. The molecule has 0 amide bonds. The van der Waals surface area contributed by atoms with Gasteiger partial charge >= 0.3 is 0 Å². The number of hydrogen-bond acceptors (Lipinski definition) is 4. The van der Waals surface area contributed by atoms with Crippen molar-refractivity contribution in [2.24, 2.45) is 10.9 Å². The van der Waals surface area contributed by atoms with Crippen LogP contribution in [0, 0.1) is 0 Å². The summed E-state index contributed by atoms with van der Waals surface area (Å²) in [7, 11) is 2.02. The van der Waals surface area contributed by atoms with Gasteiger partial charge in [-0.2, -0.15) is 11.8 Å². The lowest BCUT2D eigenvalue weighted by Crippen LogP contribution is -2.32. The molecule has 0 fully saturated rings. The van der Waals surface area contributed by atoms with E-state index in [0.717, 1.165) is 17.0 Å². The van der Waals surface area contributed by atoms with Crippen molar-refractivity contribution >= 4 is 23.3 Å². The Morgan fingerprint density at radius 3 is 2.76 bits per heavy atom. The number of para-hydroxylation sites is 1. The van der Waals surface area contributed by atoms with Crippen molar-refractivity contribution in [3.05, 3.63) is 29.8 Å². The van der Waals surface area contributed by atoms with E-state index in [-0.39, 0.29) is 5.84 Å². The first kappa shape index (κ1) is 13.7.